The molecule has 2 atom stereocenters. The fraction of sp³-hybridized carbons (Fsp3) is 0.556. The molecule has 25 heavy (non-hydrogen) atoms. The molecule has 1 aliphatic heterocycles. The number of carbonyl (C=O) groups is 1. The lowest BCUT2D eigenvalue weighted by atomic mass is 10.1. The third kappa shape index (κ3) is 4.39. The van der Waals surface area contributed by atoms with E-state index in [4.69, 9.17) is 4.74 Å². The molecule has 1 aliphatic rings. The first-order chi connectivity index (χ1) is 11.8. The van der Waals surface area contributed by atoms with Crippen LogP contribution in [0.4, 0.5) is 0 Å². The normalized spacial score (nSPS) is 19.8. The number of methoxy groups -OCH3 is 1. The van der Waals surface area contributed by atoms with E-state index in [-0.39, 0.29) is 16.8 Å². The molecule has 138 valence electrons. The second kappa shape index (κ2) is 7.99. The van der Waals surface area contributed by atoms with E-state index in [9.17, 15) is 13.2 Å². The number of amidine groups is 1. The van der Waals surface area contributed by atoms with Crippen molar-refractivity contribution in [3.8, 4) is 0 Å². The van der Waals surface area contributed by atoms with Crippen LogP contribution in [-0.2, 0) is 19.6 Å². The lowest BCUT2D eigenvalue weighted by Gasteiger charge is -2.29. The number of rotatable bonds is 5. The van der Waals surface area contributed by atoms with Crippen LogP contribution >= 0.6 is 0 Å². The zero-order valence-electron chi connectivity index (χ0n) is 15.2. The molecule has 0 spiro atoms. The van der Waals surface area contributed by atoms with Gasteiger partial charge in [0, 0.05) is 12.5 Å². The Morgan fingerprint density at radius 3 is 2.56 bits per heavy atom. The summed E-state index contributed by atoms with van der Waals surface area (Å²) in [5, 5.41) is 0. The maximum atomic E-state index is 12.7. The van der Waals surface area contributed by atoms with Gasteiger partial charge in [-0.1, -0.05) is 31.5 Å². The highest BCUT2D eigenvalue weighted by Gasteiger charge is 2.36. The molecule has 6 nitrogen and oxygen atoms in total. The summed E-state index contributed by atoms with van der Waals surface area (Å²) in [5.74, 6) is 0.0164. The molecule has 7 heteroatoms. The van der Waals surface area contributed by atoms with Crippen LogP contribution in [0.2, 0.25) is 0 Å². The molecule has 0 aromatic heterocycles. The van der Waals surface area contributed by atoms with Gasteiger partial charge in [0.25, 0.3) is 10.0 Å². The van der Waals surface area contributed by atoms with Gasteiger partial charge in [-0.2, -0.15) is 8.42 Å². The number of aryl methyl sites for hydroxylation is 1. The summed E-state index contributed by atoms with van der Waals surface area (Å²) < 4.78 is 34.5. The first-order valence-electron chi connectivity index (χ1n) is 8.56. The van der Waals surface area contributed by atoms with Crippen LogP contribution in [0.25, 0.3) is 0 Å². The number of ether oxygens (including phenoxy) is 1. The minimum absolute atomic E-state index is 0.0783. The highest BCUT2D eigenvalue weighted by molar-refractivity contribution is 7.90. The Labute approximate surface area is 149 Å². The van der Waals surface area contributed by atoms with Gasteiger partial charge < -0.3 is 9.64 Å². The Hall–Kier alpha value is -1.89. The lowest BCUT2D eigenvalue weighted by Crippen LogP contribution is -2.44. The standard InChI is InChI=1S/C18H26N2O4S/c1-5-14(3)17(20-12-6-7-16(20)18(21)24-4)19-25(22,23)15-10-8-13(2)9-11-15/h8-11,14,16H,5-7,12H2,1-4H3/b19-17+/t14?,16-/m0/s1. The number of benzene rings is 1. The van der Waals surface area contributed by atoms with Crippen LogP contribution in [0.15, 0.2) is 33.6 Å². The van der Waals surface area contributed by atoms with E-state index < -0.39 is 16.1 Å². The highest BCUT2D eigenvalue weighted by atomic mass is 32.2. The molecule has 0 amide bonds. The van der Waals surface area contributed by atoms with Gasteiger partial charge in [-0.15, -0.1) is 4.40 Å². The zero-order valence-corrected chi connectivity index (χ0v) is 16.0. The minimum atomic E-state index is -3.83. The molecular weight excluding hydrogens is 340 g/mol. The summed E-state index contributed by atoms with van der Waals surface area (Å²) in [6.07, 6.45) is 2.18. The topological polar surface area (TPSA) is 76.0 Å². The first kappa shape index (κ1) is 19.4. The fourth-order valence-corrected chi connectivity index (χ4v) is 4.03. The maximum absolute atomic E-state index is 12.7. The molecular formula is C18H26N2O4S. The number of likely N-dealkylation sites (tertiary alicyclic amines) is 1. The Morgan fingerprint density at radius 1 is 1.36 bits per heavy atom. The second-order valence-electron chi connectivity index (χ2n) is 6.42. The molecule has 1 saturated heterocycles. The van der Waals surface area contributed by atoms with Gasteiger partial charge in [-0.3, -0.25) is 0 Å². The van der Waals surface area contributed by atoms with Gasteiger partial charge in [0.2, 0.25) is 0 Å². The van der Waals surface area contributed by atoms with Gasteiger partial charge >= 0.3 is 5.97 Å². The minimum Gasteiger partial charge on any atom is -0.467 e. The summed E-state index contributed by atoms with van der Waals surface area (Å²) in [4.78, 5) is 14.0. The van der Waals surface area contributed by atoms with E-state index in [0.29, 0.717) is 18.8 Å². The van der Waals surface area contributed by atoms with Gasteiger partial charge in [0.1, 0.15) is 11.9 Å². The smallest absolute Gasteiger partial charge is 0.328 e. The monoisotopic (exact) mass is 366 g/mol. The number of hydrogen-bond acceptors (Lipinski definition) is 4. The average Bonchev–Trinajstić information content (AvgIpc) is 3.08. The summed E-state index contributed by atoms with van der Waals surface area (Å²) in [7, 11) is -2.48. The Bertz CT molecular complexity index is 741. The average molecular weight is 366 g/mol. The molecule has 0 N–H and O–H groups in total. The third-order valence-corrected chi connectivity index (χ3v) is 5.90. The van der Waals surface area contributed by atoms with Crippen molar-refractivity contribution in [2.45, 2.75) is 51.0 Å². The number of hydrogen-bond donors (Lipinski definition) is 0. The zero-order chi connectivity index (χ0) is 18.6. The fourth-order valence-electron chi connectivity index (χ4n) is 2.92. The summed E-state index contributed by atoms with van der Waals surface area (Å²) in [5.41, 5.74) is 0.982. The van der Waals surface area contributed by atoms with E-state index in [0.717, 1.165) is 18.4 Å². The quantitative estimate of drug-likeness (QED) is 0.455. The van der Waals surface area contributed by atoms with Crippen molar-refractivity contribution in [3.63, 3.8) is 0 Å². The van der Waals surface area contributed by atoms with E-state index in [1.54, 1.807) is 29.2 Å². The molecule has 2 rings (SSSR count). The molecule has 0 saturated carbocycles. The van der Waals surface area contributed by atoms with Crippen molar-refractivity contribution in [2.75, 3.05) is 13.7 Å². The molecule has 1 heterocycles. The van der Waals surface area contributed by atoms with Gasteiger partial charge in [0.15, 0.2) is 0 Å². The second-order valence-corrected chi connectivity index (χ2v) is 8.03. The molecule has 1 unspecified atom stereocenters. The molecule has 0 aliphatic carbocycles. The van der Waals surface area contributed by atoms with E-state index in [1.165, 1.54) is 7.11 Å². The van der Waals surface area contributed by atoms with Crippen molar-refractivity contribution in [3.05, 3.63) is 29.8 Å². The van der Waals surface area contributed by atoms with Crippen LogP contribution in [0.5, 0.6) is 0 Å². The van der Waals surface area contributed by atoms with E-state index in [2.05, 4.69) is 4.40 Å². The Morgan fingerprint density at radius 2 is 2.00 bits per heavy atom. The molecule has 1 fully saturated rings. The molecule has 1 aromatic carbocycles. The van der Waals surface area contributed by atoms with Crippen molar-refractivity contribution in [2.24, 2.45) is 10.3 Å². The first-order valence-corrected chi connectivity index (χ1v) is 10.00. The van der Waals surface area contributed by atoms with Crippen LogP contribution in [0, 0.1) is 12.8 Å². The summed E-state index contributed by atoms with van der Waals surface area (Å²) >= 11 is 0. The molecule has 1 aromatic rings. The SMILES string of the molecule is CCC(C)/C(=N\S(=O)(=O)c1ccc(C)cc1)N1CCC[C@H]1C(=O)OC. The largest absolute Gasteiger partial charge is 0.467 e. The van der Waals surface area contributed by atoms with Crippen molar-refractivity contribution in [1.29, 1.82) is 0 Å². The summed E-state index contributed by atoms with van der Waals surface area (Å²) in [6.45, 7) is 6.40. The Balaban J connectivity index is 2.44. The van der Waals surface area contributed by atoms with Crippen molar-refractivity contribution >= 4 is 21.8 Å². The van der Waals surface area contributed by atoms with Crippen molar-refractivity contribution < 1.29 is 17.9 Å². The van der Waals surface area contributed by atoms with E-state index >= 15 is 0 Å². The van der Waals surface area contributed by atoms with Gasteiger partial charge in [-0.05, 0) is 38.3 Å². The number of carbonyl (C=O) groups excluding carboxylic acids is 1. The predicted molar refractivity (Wildman–Crippen MR) is 97.0 cm³/mol. The number of nitrogens with zero attached hydrogens (tertiary/aromatic N) is 2. The van der Waals surface area contributed by atoms with Crippen LogP contribution in [0.1, 0.15) is 38.7 Å². The summed E-state index contributed by atoms with van der Waals surface area (Å²) in [6, 6.07) is 6.15. The van der Waals surface area contributed by atoms with Gasteiger partial charge in [0.05, 0.1) is 12.0 Å². The number of esters is 1. The molecule has 0 bridgehead atoms. The Kier molecular flexibility index (Phi) is 6.21. The van der Waals surface area contributed by atoms with Crippen LogP contribution in [0.3, 0.4) is 0 Å². The van der Waals surface area contributed by atoms with Crippen LogP contribution < -0.4 is 0 Å². The maximum Gasteiger partial charge on any atom is 0.328 e. The van der Waals surface area contributed by atoms with Crippen LogP contribution in [-0.4, -0.2) is 44.8 Å². The molecule has 0 radical (unpaired) electrons. The van der Waals surface area contributed by atoms with Gasteiger partial charge in [-0.25, -0.2) is 4.79 Å². The lowest BCUT2D eigenvalue weighted by molar-refractivity contribution is -0.144. The number of sulfonamides is 1. The van der Waals surface area contributed by atoms with E-state index in [1.807, 2.05) is 20.8 Å². The highest BCUT2D eigenvalue weighted by Crippen LogP contribution is 2.25. The van der Waals surface area contributed by atoms with Crippen molar-refractivity contribution in [1.82, 2.24) is 4.90 Å². The predicted octanol–water partition coefficient (Wildman–Crippen LogP) is 2.77. The third-order valence-electron chi connectivity index (χ3n) is 4.61.